The Kier molecular flexibility index (Phi) is 15.5. The second-order valence-corrected chi connectivity index (χ2v) is 12.7. The molecule has 1 aliphatic heterocycles. The first-order valence-corrected chi connectivity index (χ1v) is 16.7. The maximum absolute atomic E-state index is 13.8. The van der Waals surface area contributed by atoms with Gasteiger partial charge in [0.25, 0.3) is 0 Å². The highest BCUT2D eigenvalue weighted by Crippen LogP contribution is 2.12. The van der Waals surface area contributed by atoms with Crippen LogP contribution in [0.1, 0.15) is 50.7 Å². The van der Waals surface area contributed by atoms with Gasteiger partial charge >= 0.3 is 5.97 Å². The lowest BCUT2D eigenvalue weighted by atomic mass is 9.99. The molecule has 2 aromatic carbocycles. The Morgan fingerprint density at radius 2 is 1.44 bits per heavy atom. The fourth-order valence-electron chi connectivity index (χ4n) is 5.63. The third-order valence-electron chi connectivity index (χ3n) is 8.27. The summed E-state index contributed by atoms with van der Waals surface area (Å²) in [6, 6.07) is 14.2. The minimum absolute atomic E-state index is 0.000363. The van der Waals surface area contributed by atoms with Gasteiger partial charge in [-0.2, -0.15) is 0 Å². The molecule has 3 rings (SSSR count). The zero-order valence-electron chi connectivity index (χ0n) is 27.9. The van der Waals surface area contributed by atoms with Crippen LogP contribution in [0.25, 0.3) is 0 Å². The highest BCUT2D eigenvalue weighted by atomic mass is 16.4. The molecule has 13 nitrogen and oxygen atoms in total. The van der Waals surface area contributed by atoms with E-state index in [1.165, 1.54) is 4.90 Å². The van der Waals surface area contributed by atoms with Crippen molar-refractivity contribution >= 4 is 29.6 Å². The number of nitrogens with zero attached hydrogens (tertiary/aromatic N) is 1. The topological polar surface area (TPSA) is 209 Å². The predicted molar refractivity (Wildman–Crippen MR) is 182 cm³/mol. The molecule has 0 bridgehead atoms. The molecule has 0 aliphatic carbocycles. The van der Waals surface area contributed by atoms with E-state index in [9.17, 15) is 29.1 Å². The summed E-state index contributed by atoms with van der Waals surface area (Å²) in [5.74, 6) is -3.04. The van der Waals surface area contributed by atoms with Gasteiger partial charge in [0.1, 0.15) is 24.2 Å². The maximum atomic E-state index is 13.8. The van der Waals surface area contributed by atoms with Gasteiger partial charge in [-0.05, 0) is 62.1 Å². The van der Waals surface area contributed by atoms with Crippen molar-refractivity contribution in [1.29, 1.82) is 0 Å². The van der Waals surface area contributed by atoms with E-state index < -0.39 is 59.8 Å². The first-order valence-electron chi connectivity index (χ1n) is 16.7. The van der Waals surface area contributed by atoms with Gasteiger partial charge < -0.3 is 42.7 Å². The fourth-order valence-corrected chi connectivity index (χ4v) is 5.63. The van der Waals surface area contributed by atoms with Crippen LogP contribution in [0.2, 0.25) is 0 Å². The number of rotatable bonds is 18. The van der Waals surface area contributed by atoms with E-state index in [0.29, 0.717) is 32.5 Å². The molecule has 2 aromatic rings. The molecule has 4 amide bonds. The third-order valence-corrected chi connectivity index (χ3v) is 8.27. The van der Waals surface area contributed by atoms with Gasteiger partial charge in [-0.25, -0.2) is 0 Å². The van der Waals surface area contributed by atoms with Gasteiger partial charge in [-0.15, -0.1) is 0 Å². The van der Waals surface area contributed by atoms with Crippen LogP contribution in [-0.2, 0) is 36.8 Å². The van der Waals surface area contributed by atoms with Crippen molar-refractivity contribution in [2.45, 2.75) is 82.6 Å². The molecule has 1 saturated heterocycles. The van der Waals surface area contributed by atoms with Gasteiger partial charge in [-0.3, -0.25) is 24.0 Å². The van der Waals surface area contributed by atoms with Gasteiger partial charge in [-0.1, -0.05) is 74.5 Å². The number of hydrogen-bond acceptors (Lipinski definition) is 8. The predicted octanol–water partition coefficient (Wildman–Crippen LogP) is 0.314. The second kappa shape index (κ2) is 19.5. The average Bonchev–Trinajstić information content (AvgIpc) is 3.08. The monoisotopic (exact) mass is 665 g/mol. The summed E-state index contributed by atoms with van der Waals surface area (Å²) >= 11 is 0. The molecular formula is C35H51N7O6. The number of piperazine rings is 1. The number of benzene rings is 2. The van der Waals surface area contributed by atoms with Crippen LogP contribution in [0.5, 0.6) is 0 Å². The Hall–Kier alpha value is -4.33. The molecule has 48 heavy (non-hydrogen) atoms. The van der Waals surface area contributed by atoms with Crippen LogP contribution in [0.15, 0.2) is 60.7 Å². The van der Waals surface area contributed by atoms with E-state index in [0.717, 1.165) is 11.1 Å². The van der Waals surface area contributed by atoms with Crippen LogP contribution >= 0.6 is 0 Å². The lowest BCUT2D eigenvalue weighted by molar-refractivity contribution is -0.144. The molecule has 1 unspecified atom stereocenters. The molecule has 13 heteroatoms. The number of carboxylic acid groups (broad SMARTS) is 1. The van der Waals surface area contributed by atoms with E-state index in [-0.39, 0.29) is 38.1 Å². The number of hydrogen-bond donors (Lipinski definition) is 7. The van der Waals surface area contributed by atoms with Crippen molar-refractivity contribution in [2.24, 2.45) is 17.4 Å². The summed E-state index contributed by atoms with van der Waals surface area (Å²) in [7, 11) is 0. The quantitative estimate of drug-likeness (QED) is 0.117. The Labute approximate surface area is 282 Å². The van der Waals surface area contributed by atoms with Crippen LogP contribution in [0, 0.1) is 5.92 Å². The maximum Gasteiger partial charge on any atom is 0.322 e. The van der Waals surface area contributed by atoms with E-state index in [1.807, 2.05) is 74.5 Å². The standard InChI is InChI=1S/C35H51N7O6/c1-23(2)20-29(33(45)40-28(14-9-17-36)34(46)42-19-18-38-30(22-42)35(47)48)41-32(44)27(16-15-24-10-5-3-6-11-24)39-31(43)26(37)21-25-12-7-4-8-13-25/h3-8,10-13,23,26-30,38H,9,14-22,36-37H2,1-2H3,(H,39,43)(H,40,45)(H,41,44)(H,47,48)/t26-,27-,28-,29-,30?/m1/s1. The van der Waals surface area contributed by atoms with Gasteiger partial charge in [0.2, 0.25) is 23.6 Å². The first-order chi connectivity index (χ1) is 23.0. The number of nitrogens with two attached hydrogens (primary N) is 2. The molecular weight excluding hydrogens is 614 g/mol. The van der Waals surface area contributed by atoms with E-state index >= 15 is 0 Å². The SMILES string of the molecule is CC(C)C[C@@H](NC(=O)[C@@H](CCc1ccccc1)NC(=O)[C@H](N)Cc1ccccc1)C(=O)N[C@H](CCCN)C(=O)N1CCNC(C(=O)O)C1. The Morgan fingerprint density at radius 1 is 0.854 bits per heavy atom. The molecule has 0 spiro atoms. The second-order valence-electron chi connectivity index (χ2n) is 12.7. The highest BCUT2D eigenvalue weighted by molar-refractivity contribution is 5.95. The van der Waals surface area contributed by atoms with Crippen molar-refractivity contribution in [2.75, 3.05) is 26.2 Å². The Morgan fingerprint density at radius 3 is 2.04 bits per heavy atom. The van der Waals surface area contributed by atoms with Crippen LogP contribution in [0.3, 0.4) is 0 Å². The molecule has 0 aromatic heterocycles. The molecule has 0 radical (unpaired) electrons. The number of carbonyl (C=O) groups is 5. The molecule has 262 valence electrons. The van der Waals surface area contributed by atoms with Gasteiger partial charge in [0, 0.05) is 19.6 Å². The summed E-state index contributed by atoms with van der Waals surface area (Å²) in [6.07, 6.45) is 2.02. The molecule has 1 aliphatic rings. The number of amides is 4. The number of carbonyl (C=O) groups excluding carboxylic acids is 4. The van der Waals surface area contributed by atoms with Crippen molar-refractivity contribution in [1.82, 2.24) is 26.2 Å². The molecule has 0 saturated carbocycles. The van der Waals surface area contributed by atoms with Crippen LogP contribution in [0.4, 0.5) is 0 Å². The molecule has 5 atom stereocenters. The van der Waals surface area contributed by atoms with E-state index in [4.69, 9.17) is 11.5 Å². The van der Waals surface area contributed by atoms with Crippen LogP contribution in [-0.4, -0.2) is 96.0 Å². The highest BCUT2D eigenvalue weighted by Gasteiger charge is 2.34. The molecule has 1 fully saturated rings. The lowest BCUT2D eigenvalue weighted by Gasteiger charge is -2.34. The van der Waals surface area contributed by atoms with Crippen molar-refractivity contribution < 1.29 is 29.1 Å². The minimum Gasteiger partial charge on any atom is -0.480 e. The largest absolute Gasteiger partial charge is 0.480 e. The van der Waals surface area contributed by atoms with Crippen molar-refractivity contribution in [3.05, 3.63) is 71.8 Å². The summed E-state index contributed by atoms with van der Waals surface area (Å²) in [5, 5.41) is 20.8. The van der Waals surface area contributed by atoms with E-state index in [1.54, 1.807) is 0 Å². The molecule has 9 N–H and O–H groups in total. The Balaban J connectivity index is 1.76. The molecule has 1 heterocycles. The fraction of sp³-hybridized carbons (Fsp3) is 0.514. The summed E-state index contributed by atoms with van der Waals surface area (Å²) in [6.45, 7) is 4.67. The lowest BCUT2D eigenvalue weighted by Crippen LogP contribution is -2.61. The third kappa shape index (κ3) is 12.4. The minimum atomic E-state index is -1.07. The summed E-state index contributed by atoms with van der Waals surface area (Å²) in [4.78, 5) is 67.3. The van der Waals surface area contributed by atoms with Crippen molar-refractivity contribution in [3.63, 3.8) is 0 Å². The van der Waals surface area contributed by atoms with Crippen molar-refractivity contribution in [3.8, 4) is 0 Å². The number of nitrogens with one attached hydrogen (secondary N) is 4. The summed E-state index contributed by atoms with van der Waals surface area (Å²) < 4.78 is 0. The average molecular weight is 666 g/mol. The van der Waals surface area contributed by atoms with Crippen LogP contribution < -0.4 is 32.7 Å². The first kappa shape index (κ1) is 38.1. The van der Waals surface area contributed by atoms with E-state index in [2.05, 4.69) is 21.3 Å². The number of carboxylic acids is 1. The summed E-state index contributed by atoms with van der Waals surface area (Å²) in [5.41, 5.74) is 13.8. The zero-order valence-corrected chi connectivity index (χ0v) is 27.9. The normalized spacial score (nSPS) is 17.1. The zero-order chi connectivity index (χ0) is 35.1. The Bertz CT molecular complexity index is 1340. The number of aryl methyl sites for hydroxylation is 1. The van der Waals surface area contributed by atoms with Gasteiger partial charge in [0.15, 0.2) is 0 Å². The number of aliphatic carboxylic acids is 1. The van der Waals surface area contributed by atoms with Gasteiger partial charge in [0.05, 0.1) is 6.04 Å². The smallest absolute Gasteiger partial charge is 0.322 e.